The molecular formula is C10H22N2O2S. The van der Waals surface area contributed by atoms with Crippen LogP contribution in [0, 0.1) is 0 Å². The van der Waals surface area contributed by atoms with Gasteiger partial charge in [0.05, 0.1) is 5.25 Å². The van der Waals surface area contributed by atoms with Gasteiger partial charge in [0.1, 0.15) is 0 Å². The first-order valence-corrected chi connectivity index (χ1v) is 7.36. The molecule has 0 heterocycles. The number of nitrogens with one attached hydrogen (secondary N) is 1. The van der Waals surface area contributed by atoms with Crippen LogP contribution < -0.4 is 10.5 Å². The van der Waals surface area contributed by atoms with Crippen LogP contribution in [0.5, 0.6) is 0 Å². The van der Waals surface area contributed by atoms with Gasteiger partial charge in [-0.25, -0.2) is 13.1 Å². The maximum absolute atomic E-state index is 11.9. The highest BCUT2D eigenvalue weighted by atomic mass is 32.2. The van der Waals surface area contributed by atoms with Gasteiger partial charge >= 0.3 is 0 Å². The maximum Gasteiger partial charge on any atom is 0.214 e. The standard InChI is InChI=1S/C10H22N2O2S/c1-2-9(7-8-11)12-15(13,14)10-5-3-4-6-10/h9-10,12H,2-8,11H2,1H3. The first kappa shape index (κ1) is 12.9. The van der Waals surface area contributed by atoms with Crippen molar-refractivity contribution in [1.82, 2.24) is 4.72 Å². The minimum atomic E-state index is -3.10. The summed E-state index contributed by atoms with van der Waals surface area (Å²) in [6.07, 6.45) is 5.24. The zero-order chi connectivity index (χ0) is 11.3. The summed E-state index contributed by atoms with van der Waals surface area (Å²) in [5.41, 5.74) is 5.44. The van der Waals surface area contributed by atoms with Gasteiger partial charge in [-0.05, 0) is 32.2 Å². The van der Waals surface area contributed by atoms with Crippen LogP contribution in [0.15, 0.2) is 0 Å². The van der Waals surface area contributed by atoms with Crippen molar-refractivity contribution < 1.29 is 8.42 Å². The van der Waals surface area contributed by atoms with Crippen molar-refractivity contribution in [1.29, 1.82) is 0 Å². The largest absolute Gasteiger partial charge is 0.330 e. The van der Waals surface area contributed by atoms with E-state index >= 15 is 0 Å². The smallest absolute Gasteiger partial charge is 0.214 e. The predicted molar refractivity (Wildman–Crippen MR) is 62.1 cm³/mol. The lowest BCUT2D eigenvalue weighted by Crippen LogP contribution is -2.40. The molecule has 0 saturated heterocycles. The predicted octanol–water partition coefficient (Wildman–Crippen LogP) is 0.976. The van der Waals surface area contributed by atoms with Gasteiger partial charge in [0.15, 0.2) is 0 Å². The molecule has 3 N–H and O–H groups in total. The van der Waals surface area contributed by atoms with Crippen LogP contribution >= 0.6 is 0 Å². The molecule has 1 rings (SSSR count). The van der Waals surface area contributed by atoms with Gasteiger partial charge in [-0.3, -0.25) is 0 Å². The van der Waals surface area contributed by atoms with Crippen LogP contribution in [-0.4, -0.2) is 26.3 Å². The van der Waals surface area contributed by atoms with Crippen molar-refractivity contribution in [3.63, 3.8) is 0 Å². The molecule has 4 nitrogen and oxygen atoms in total. The third kappa shape index (κ3) is 3.74. The van der Waals surface area contributed by atoms with Gasteiger partial charge in [0, 0.05) is 6.04 Å². The van der Waals surface area contributed by atoms with Gasteiger partial charge in [-0.2, -0.15) is 0 Å². The van der Waals surface area contributed by atoms with Crippen molar-refractivity contribution in [2.24, 2.45) is 5.73 Å². The summed E-state index contributed by atoms with van der Waals surface area (Å²) in [6.45, 7) is 2.52. The molecule has 0 aromatic heterocycles. The van der Waals surface area contributed by atoms with Crippen LogP contribution in [-0.2, 0) is 10.0 Å². The summed E-state index contributed by atoms with van der Waals surface area (Å²) in [4.78, 5) is 0. The van der Waals surface area contributed by atoms with E-state index in [4.69, 9.17) is 5.73 Å². The molecule has 0 aliphatic heterocycles. The van der Waals surface area contributed by atoms with E-state index in [-0.39, 0.29) is 11.3 Å². The third-order valence-corrected chi connectivity index (χ3v) is 5.09. The third-order valence-electron chi connectivity index (χ3n) is 3.08. The number of hydrogen-bond donors (Lipinski definition) is 2. The zero-order valence-electron chi connectivity index (χ0n) is 9.41. The summed E-state index contributed by atoms with van der Waals surface area (Å²) in [5.74, 6) is 0. The molecular weight excluding hydrogens is 212 g/mol. The Labute approximate surface area is 92.7 Å². The summed E-state index contributed by atoms with van der Waals surface area (Å²) in [6, 6.07) is 0.0144. The normalized spacial score (nSPS) is 20.7. The lowest BCUT2D eigenvalue weighted by Gasteiger charge is -2.19. The fraction of sp³-hybridized carbons (Fsp3) is 1.00. The number of nitrogens with two attached hydrogens (primary N) is 1. The summed E-state index contributed by atoms with van der Waals surface area (Å²) >= 11 is 0. The molecule has 0 aromatic rings. The molecule has 1 atom stereocenters. The first-order chi connectivity index (χ1) is 7.10. The Kier molecular flexibility index (Phi) is 5.02. The van der Waals surface area contributed by atoms with E-state index in [1.54, 1.807) is 0 Å². The van der Waals surface area contributed by atoms with Crippen LogP contribution in [0.3, 0.4) is 0 Å². The highest BCUT2D eigenvalue weighted by molar-refractivity contribution is 7.90. The fourth-order valence-corrected chi connectivity index (χ4v) is 3.97. The highest BCUT2D eigenvalue weighted by Gasteiger charge is 2.29. The lowest BCUT2D eigenvalue weighted by molar-refractivity contribution is 0.511. The fourth-order valence-electron chi connectivity index (χ4n) is 2.07. The van der Waals surface area contributed by atoms with E-state index < -0.39 is 10.0 Å². The topological polar surface area (TPSA) is 72.2 Å². The van der Waals surface area contributed by atoms with E-state index in [0.717, 1.165) is 38.5 Å². The average Bonchev–Trinajstić information content (AvgIpc) is 2.70. The van der Waals surface area contributed by atoms with Crippen molar-refractivity contribution in [2.75, 3.05) is 6.54 Å². The zero-order valence-corrected chi connectivity index (χ0v) is 10.2. The Balaban J connectivity index is 2.53. The van der Waals surface area contributed by atoms with E-state index in [1.165, 1.54) is 0 Å². The van der Waals surface area contributed by atoms with Crippen LogP contribution in [0.2, 0.25) is 0 Å². The van der Waals surface area contributed by atoms with E-state index in [1.807, 2.05) is 6.92 Å². The van der Waals surface area contributed by atoms with E-state index in [0.29, 0.717) is 6.54 Å². The summed E-state index contributed by atoms with van der Waals surface area (Å²) < 4.78 is 26.6. The quantitative estimate of drug-likeness (QED) is 0.719. The number of sulfonamides is 1. The van der Waals surface area contributed by atoms with Crippen molar-refractivity contribution in [2.45, 2.75) is 56.7 Å². The van der Waals surface area contributed by atoms with E-state index in [2.05, 4.69) is 4.72 Å². The monoisotopic (exact) mass is 234 g/mol. The van der Waals surface area contributed by atoms with Crippen LogP contribution in [0.25, 0.3) is 0 Å². The lowest BCUT2D eigenvalue weighted by atomic mass is 10.2. The first-order valence-electron chi connectivity index (χ1n) is 5.81. The van der Waals surface area contributed by atoms with Gasteiger partial charge in [-0.15, -0.1) is 0 Å². The Morgan fingerprint density at radius 3 is 2.47 bits per heavy atom. The minimum absolute atomic E-state index is 0.0144. The molecule has 90 valence electrons. The molecule has 0 spiro atoms. The molecule has 0 radical (unpaired) electrons. The van der Waals surface area contributed by atoms with Gasteiger partial charge in [0.2, 0.25) is 10.0 Å². The Morgan fingerprint density at radius 1 is 1.40 bits per heavy atom. The molecule has 0 amide bonds. The summed E-state index contributed by atoms with van der Waals surface area (Å²) in [7, 11) is -3.10. The average molecular weight is 234 g/mol. The molecule has 15 heavy (non-hydrogen) atoms. The molecule has 1 fully saturated rings. The summed E-state index contributed by atoms with van der Waals surface area (Å²) in [5, 5.41) is -0.163. The number of hydrogen-bond acceptors (Lipinski definition) is 3. The van der Waals surface area contributed by atoms with Crippen molar-refractivity contribution in [3.05, 3.63) is 0 Å². The van der Waals surface area contributed by atoms with Crippen LogP contribution in [0.4, 0.5) is 0 Å². The van der Waals surface area contributed by atoms with Gasteiger partial charge < -0.3 is 5.73 Å². The van der Waals surface area contributed by atoms with Crippen molar-refractivity contribution in [3.8, 4) is 0 Å². The molecule has 1 aliphatic rings. The molecule has 1 unspecified atom stereocenters. The Hall–Kier alpha value is -0.130. The minimum Gasteiger partial charge on any atom is -0.330 e. The second-order valence-electron chi connectivity index (χ2n) is 4.25. The second-order valence-corrected chi connectivity index (χ2v) is 6.24. The Bertz CT molecular complexity index is 271. The van der Waals surface area contributed by atoms with Gasteiger partial charge in [-0.1, -0.05) is 19.8 Å². The SMILES string of the molecule is CCC(CCN)NS(=O)(=O)C1CCCC1. The molecule has 5 heteroatoms. The van der Waals surface area contributed by atoms with Gasteiger partial charge in [0.25, 0.3) is 0 Å². The highest BCUT2D eigenvalue weighted by Crippen LogP contribution is 2.24. The number of rotatable bonds is 6. The van der Waals surface area contributed by atoms with Crippen LogP contribution in [0.1, 0.15) is 45.4 Å². The second kappa shape index (κ2) is 5.82. The molecule has 1 saturated carbocycles. The molecule has 0 aromatic carbocycles. The van der Waals surface area contributed by atoms with Crippen molar-refractivity contribution >= 4 is 10.0 Å². The Morgan fingerprint density at radius 2 is 2.00 bits per heavy atom. The van der Waals surface area contributed by atoms with E-state index in [9.17, 15) is 8.42 Å². The maximum atomic E-state index is 11.9. The molecule has 0 bridgehead atoms. The molecule has 1 aliphatic carbocycles.